The average Bonchev–Trinajstić information content (AvgIpc) is 1.54. The van der Waals surface area contributed by atoms with E-state index in [9.17, 15) is 0 Å². The van der Waals surface area contributed by atoms with E-state index in [1.807, 2.05) is 24.8 Å². The molecule has 0 unspecified atom stereocenters. The van der Waals surface area contributed by atoms with Crippen molar-refractivity contribution in [1.29, 1.82) is 0 Å². The fourth-order valence-electron chi connectivity index (χ4n) is 26.3. The minimum atomic E-state index is -0.0526. The number of anilines is 8. The Morgan fingerprint density at radius 1 is 0.161 bits per heavy atom. The molecule has 0 N–H and O–H groups in total. The molecule has 37 rings (SSSR count). The highest BCUT2D eigenvalue weighted by Gasteiger charge is 2.52. The number of hydrogen-bond donors (Lipinski definition) is 0. The van der Waals surface area contributed by atoms with Crippen molar-refractivity contribution in [3.05, 3.63) is 444 Å². The van der Waals surface area contributed by atoms with Gasteiger partial charge >= 0.3 is 28.5 Å². The molecule has 0 bridgehead atoms. The standard InChI is InChI=1S/3C33H20BN5.C21H13BN4/c2*1-5-13-27-22(9-1)23-10-2-6-14-28(23)37(27)21-19-26-24-11-3-7-15-29(24)39-32(26)31(20-21)38-30-16-8-4-12-25(30)33-35-17-18-36(33)34(38)39;1-4-12-27-22(8-1)23-9-2-5-13-28(23)37(27)21-16-17-30-26(20-21)33-35-18-19-36(33)34-38(30)31-15-7-11-25-24-10-3-6-14-29(24)39(34)32(25)31;1-3-9-17-14(6-1)15-8-5-11-19-20(15)26(17)22-24-13-12-23-21(24)16-7-2-4-10-18(16)25(19)22/h3*1-20H;1-13H. The molecule has 0 saturated carbocycles. The number of hydrogen-bond acceptors (Lipinski definition) is 8. The van der Waals surface area contributed by atoms with Gasteiger partial charge < -0.3 is 68.8 Å². The van der Waals surface area contributed by atoms with Gasteiger partial charge in [0, 0.05) is 209 Å². The summed E-state index contributed by atoms with van der Waals surface area (Å²) in [6, 6.07) is 143. The number of aromatic nitrogens is 15. The summed E-state index contributed by atoms with van der Waals surface area (Å²) < 4.78 is 26.4. The molecule has 19 heterocycles. The number of fused-ring (bicyclic) bond motifs is 53. The van der Waals surface area contributed by atoms with Crippen LogP contribution in [0.2, 0.25) is 0 Å². The van der Waals surface area contributed by atoms with Gasteiger partial charge in [0.2, 0.25) is 0 Å². The molecule has 29 aromatic rings. The quantitative estimate of drug-likeness (QED) is 0.161. The van der Waals surface area contributed by atoms with Crippen LogP contribution in [-0.2, 0) is 0 Å². The molecule has 0 saturated heterocycles. The lowest BCUT2D eigenvalue weighted by molar-refractivity contribution is 1.06. The zero-order chi connectivity index (χ0) is 92.6. The van der Waals surface area contributed by atoms with Crippen LogP contribution in [0.4, 0.5) is 45.5 Å². The van der Waals surface area contributed by atoms with Crippen LogP contribution in [0.5, 0.6) is 0 Å². The monoisotopic (exact) mass is 1820 g/mol. The SMILES string of the molecule is c1ccc2c(c1)-c1nccn1B1N2c2cc(-n3c4ccccc4c4ccccc43)cc3c4ccccc4n1c23.c1ccc2c(c1)-c1nccn1B1N2c2cc(-n3c4ccccc4c4ccccc43)cc3c4ccccc4n1c23.c1ccc2c(c1)-c1nccn1B1N2c2cccc3c4ccccc4n1c23.c1ccc2c(c1)c1cccc3c1n2B1N3c2ccc(-n3c4ccccc4c4ccccc43)cc2-c2nccn21. The van der Waals surface area contributed by atoms with E-state index < -0.39 is 0 Å². The van der Waals surface area contributed by atoms with Crippen molar-refractivity contribution in [2.45, 2.75) is 0 Å². The summed E-state index contributed by atoms with van der Waals surface area (Å²) in [5, 5.41) is 17.9. The first-order valence-corrected chi connectivity index (χ1v) is 48.9. The van der Waals surface area contributed by atoms with Gasteiger partial charge in [-0.1, -0.05) is 243 Å². The summed E-state index contributed by atoms with van der Waals surface area (Å²) in [5.74, 6) is 4.04. The van der Waals surface area contributed by atoms with E-state index in [0.717, 1.165) is 45.7 Å². The van der Waals surface area contributed by atoms with Gasteiger partial charge in [0.25, 0.3) is 0 Å². The van der Waals surface area contributed by atoms with E-state index in [2.05, 4.69) is 493 Å². The smallest absolute Gasteiger partial charge is 0.343 e. The Labute approximate surface area is 816 Å². The third kappa shape index (κ3) is 9.76. The van der Waals surface area contributed by atoms with Crippen LogP contribution in [0.3, 0.4) is 0 Å². The summed E-state index contributed by atoms with van der Waals surface area (Å²) in [6.07, 6.45) is 16.1. The van der Waals surface area contributed by atoms with Crippen molar-refractivity contribution in [3.8, 4) is 62.6 Å². The zero-order valence-electron chi connectivity index (χ0n) is 76.5. The summed E-state index contributed by atoms with van der Waals surface area (Å²) >= 11 is 0. The summed E-state index contributed by atoms with van der Waals surface area (Å²) in [6.45, 7) is 0. The molecule has 8 aliphatic rings. The summed E-state index contributed by atoms with van der Waals surface area (Å²) in [5.41, 5.74) is 35.2. The van der Waals surface area contributed by atoms with E-state index in [0.29, 0.717) is 0 Å². The lowest BCUT2D eigenvalue weighted by Gasteiger charge is -2.33. The first-order chi connectivity index (χ1) is 71.1. The molecule has 0 fully saturated rings. The first kappa shape index (κ1) is 76.0. The minimum absolute atomic E-state index is 0.0334. The maximum Gasteiger partial charge on any atom is 0.519 e. The Balaban J connectivity index is 0.0000000834. The van der Waals surface area contributed by atoms with Gasteiger partial charge in [-0.05, 0) is 152 Å². The van der Waals surface area contributed by atoms with E-state index >= 15 is 0 Å². The topological polar surface area (TPSA) is 119 Å². The predicted molar refractivity (Wildman–Crippen MR) is 586 cm³/mol. The Bertz CT molecular complexity index is 10200. The van der Waals surface area contributed by atoms with Gasteiger partial charge in [-0.3, -0.25) is 0 Å². The molecule has 18 aromatic carbocycles. The van der Waals surface area contributed by atoms with Crippen LogP contribution >= 0.6 is 0 Å². The van der Waals surface area contributed by atoms with Crippen LogP contribution in [0.15, 0.2) is 444 Å². The second-order valence-corrected chi connectivity index (χ2v) is 38.5. The van der Waals surface area contributed by atoms with Gasteiger partial charge in [-0.15, -0.1) is 0 Å². The normalized spacial score (nSPS) is 13.6. The van der Waals surface area contributed by atoms with Gasteiger partial charge in [0.05, 0.1) is 77.9 Å². The number of imidazole rings is 4. The molecule has 0 radical (unpaired) electrons. The second-order valence-electron chi connectivity index (χ2n) is 38.5. The van der Waals surface area contributed by atoms with Crippen LogP contribution in [0, 0.1) is 0 Å². The van der Waals surface area contributed by atoms with Crippen molar-refractivity contribution in [2.24, 2.45) is 0 Å². The van der Waals surface area contributed by atoms with Crippen molar-refractivity contribution in [2.75, 3.05) is 19.2 Å². The second kappa shape index (κ2) is 27.9. The lowest BCUT2D eigenvalue weighted by atomic mass is 9.84. The third-order valence-electron chi connectivity index (χ3n) is 31.7. The number of para-hydroxylation sites is 15. The van der Waals surface area contributed by atoms with Crippen molar-refractivity contribution < 1.29 is 0 Å². The minimum Gasteiger partial charge on any atom is -0.343 e. The molecule has 8 aliphatic heterocycles. The first-order valence-electron chi connectivity index (χ1n) is 48.9. The largest absolute Gasteiger partial charge is 0.519 e. The van der Waals surface area contributed by atoms with Crippen molar-refractivity contribution >= 4 is 227 Å². The van der Waals surface area contributed by atoms with Crippen molar-refractivity contribution in [3.63, 3.8) is 0 Å². The molecule has 23 heteroatoms. The van der Waals surface area contributed by atoms with E-state index in [1.165, 1.54) is 215 Å². The number of benzene rings is 18. The van der Waals surface area contributed by atoms with Crippen LogP contribution in [0.1, 0.15) is 0 Å². The maximum absolute atomic E-state index is 4.91. The van der Waals surface area contributed by atoms with Crippen LogP contribution < -0.4 is 19.2 Å². The summed E-state index contributed by atoms with van der Waals surface area (Å²) in [4.78, 5) is 29.1. The van der Waals surface area contributed by atoms with Crippen molar-refractivity contribution in [1.82, 2.24) is 69.5 Å². The maximum atomic E-state index is 4.91. The highest BCUT2D eigenvalue weighted by molar-refractivity contribution is 6.71. The molecule has 11 aromatic heterocycles. The highest BCUT2D eigenvalue weighted by atomic mass is 15.4. The molecule has 0 spiro atoms. The zero-order valence-corrected chi connectivity index (χ0v) is 76.5. The van der Waals surface area contributed by atoms with Gasteiger partial charge in [-0.25, -0.2) is 19.9 Å². The predicted octanol–water partition coefficient (Wildman–Crippen LogP) is 27.3. The molecule has 0 atom stereocenters. The molecular formula is C120H73B4N19. The average molecular weight is 1820 g/mol. The lowest BCUT2D eigenvalue weighted by Crippen LogP contribution is -2.47. The third-order valence-corrected chi connectivity index (χ3v) is 31.7. The Hall–Kier alpha value is -19.1. The van der Waals surface area contributed by atoms with E-state index in [1.54, 1.807) is 0 Å². The fraction of sp³-hybridized carbons (Fsp3) is 0. The van der Waals surface area contributed by atoms with Gasteiger partial charge in [0.1, 0.15) is 23.3 Å². The molecule has 19 nitrogen and oxygen atoms in total. The molecule has 143 heavy (non-hydrogen) atoms. The van der Waals surface area contributed by atoms with E-state index in [-0.39, 0.29) is 28.5 Å². The Morgan fingerprint density at radius 2 is 0.392 bits per heavy atom. The number of rotatable bonds is 3. The summed E-state index contributed by atoms with van der Waals surface area (Å²) in [7, 11) is -0.0949. The Kier molecular flexibility index (Phi) is 14.8. The number of nitrogens with zero attached hydrogens (tertiary/aromatic N) is 19. The molecular weight excluding hydrogens is 1750 g/mol. The highest BCUT2D eigenvalue weighted by Crippen LogP contribution is 2.57. The van der Waals surface area contributed by atoms with Gasteiger partial charge in [0.15, 0.2) is 0 Å². The molecule has 660 valence electrons. The Morgan fingerprint density at radius 3 is 0.713 bits per heavy atom. The van der Waals surface area contributed by atoms with E-state index in [4.69, 9.17) is 15.0 Å². The van der Waals surface area contributed by atoms with Crippen LogP contribution in [0.25, 0.3) is 215 Å². The van der Waals surface area contributed by atoms with Crippen LogP contribution in [-0.4, -0.2) is 97.9 Å². The van der Waals surface area contributed by atoms with Gasteiger partial charge in [-0.2, -0.15) is 0 Å². The fourth-order valence-corrected chi connectivity index (χ4v) is 26.3. The molecule has 0 aliphatic carbocycles. The molecule has 0 amide bonds.